The van der Waals surface area contributed by atoms with Gasteiger partial charge in [-0.15, -0.1) is 0 Å². The summed E-state index contributed by atoms with van der Waals surface area (Å²) in [5.41, 5.74) is 3.92. The van der Waals surface area contributed by atoms with E-state index in [-0.39, 0.29) is 5.52 Å². The Bertz CT molecular complexity index is 1690. The Morgan fingerprint density at radius 1 is 1.17 bits per heavy atom. The zero-order valence-electron chi connectivity index (χ0n) is 16.3. The zero-order valence-corrected chi connectivity index (χ0v) is 16.3. The van der Waals surface area contributed by atoms with Crippen molar-refractivity contribution in [2.24, 2.45) is 7.05 Å². The van der Waals surface area contributed by atoms with Crippen LogP contribution in [0.4, 0.5) is 4.39 Å². The predicted molar refractivity (Wildman–Crippen MR) is 111 cm³/mol. The molecule has 0 spiro atoms. The van der Waals surface area contributed by atoms with E-state index in [0.717, 1.165) is 33.8 Å². The number of ether oxygens (including phenoxy) is 1. The van der Waals surface area contributed by atoms with Gasteiger partial charge >= 0.3 is 5.69 Å². The lowest BCUT2D eigenvalue weighted by Gasteiger charge is -2.17. The number of nitrogens with one attached hydrogen (secondary N) is 1. The largest absolute Gasteiger partial charge is 0.496 e. The summed E-state index contributed by atoms with van der Waals surface area (Å²) in [6.45, 7) is 1.91. The van der Waals surface area contributed by atoms with Gasteiger partial charge in [-0.2, -0.15) is 5.10 Å². The summed E-state index contributed by atoms with van der Waals surface area (Å²) in [6.07, 6.45) is 6.16. The van der Waals surface area contributed by atoms with Crippen molar-refractivity contribution in [1.82, 2.24) is 29.1 Å². The summed E-state index contributed by atoms with van der Waals surface area (Å²) >= 11 is 0. The summed E-state index contributed by atoms with van der Waals surface area (Å²) in [6, 6.07) is 1.83. The summed E-state index contributed by atoms with van der Waals surface area (Å²) in [4.78, 5) is 24.1. The molecule has 0 unspecified atom stereocenters. The fraction of sp³-hybridized carbons (Fsp3) is 0.143. The van der Waals surface area contributed by atoms with E-state index >= 15 is 4.39 Å². The molecule has 8 nitrogen and oxygen atoms in total. The van der Waals surface area contributed by atoms with Crippen LogP contribution in [0.25, 0.3) is 49.4 Å². The maximum atomic E-state index is 15.0. The van der Waals surface area contributed by atoms with E-state index < -0.39 is 11.5 Å². The van der Waals surface area contributed by atoms with Gasteiger partial charge in [-0.3, -0.25) is 19.1 Å². The quantitative estimate of drug-likeness (QED) is 0.355. The number of aromatic nitrogens is 6. The standard InChI is InChI=1S/C21H15FN6O2/c1-9-11(8-27(2)26-9)16-15(30-3)4-13-18-17(16)10-5-23-6-12(22)19(10)28-20(18)14(7-24-13)25-21(28)29/h4-8H,1-3H3,(H,25,29). The first-order valence-electron chi connectivity index (χ1n) is 9.29. The smallest absolute Gasteiger partial charge is 0.331 e. The van der Waals surface area contributed by atoms with Crippen molar-refractivity contribution in [3.05, 3.63) is 52.8 Å². The Morgan fingerprint density at radius 3 is 2.73 bits per heavy atom. The van der Waals surface area contributed by atoms with Crippen molar-refractivity contribution in [2.45, 2.75) is 6.92 Å². The highest BCUT2D eigenvalue weighted by atomic mass is 19.1. The molecular weight excluding hydrogens is 387 g/mol. The topological polar surface area (TPSA) is 90.1 Å². The van der Waals surface area contributed by atoms with Gasteiger partial charge < -0.3 is 9.72 Å². The Kier molecular flexibility index (Phi) is 3.12. The SMILES string of the molecule is COc1cc2ncc3[nH]c(=O)n4c5c(F)cncc5c(c1-c1cn(C)nc1C)c2c34. The van der Waals surface area contributed by atoms with Crippen LogP contribution in [0.1, 0.15) is 5.69 Å². The Morgan fingerprint density at radius 2 is 2.00 bits per heavy atom. The second-order valence-electron chi connectivity index (χ2n) is 7.33. The molecule has 0 bridgehead atoms. The molecule has 148 valence electrons. The van der Waals surface area contributed by atoms with E-state index in [2.05, 4.69) is 20.1 Å². The number of nitrogens with zero attached hydrogens (tertiary/aromatic N) is 5. The maximum absolute atomic E-state index is 15.0. The summed E-state index contributed by atoms with van der Waals surface area (Å²) < 4.78 is 23.9. The third-order valence-electron chi connectivity index (χ3n) is 5.63. The maximum Gasteiger partial charge on any atom is 0.331 e. The molecule has 0 saturated heterocycles. The van der Waals surface area contributed by atoms with Crippen LogP contribution >= 0.6 is 0 Å². The first kappa shape index (κ1) is 16.9. The predicted octanol–water partition coefficient (Wildman–Crippen LogP) is 3.17. The molecule has 0 atom stereocenters. The van der Waals surface area contributed by atoms with Crippen LogP contribution in [0.3, 0.4) is 0 Å². The van der Waals surface area contributed by atoms with Gasteiger partial charge in [-0.05, 0) is 6.92 Å². The van der Waals surface area contributed by atoms with Crippen molar-refractivity contribution in [2.75, 3.05) is 7.11 Å². The van der Waals surface area contributed by atoms with Crippen molar-refractivity contribution in [1.29, 1.82) is 0 Å². The van der Waals surface area contributed by atoms with Crippen LogP contribution < -0.4 is 10.4 Å². The molecule has 0 fully saturated rings. The summed E-state index contributed by atoms with van der Waals surface area (Å²) in [5, 5.41) is 6.43. The monoisotopic (exact) mass is 402 g/mol. The number of halogens is 1. The first-order valence-corrected chi connectivity index (χ1v) is 9.29. The molecule has 9 heteroatoms. The average molecular weight is 402 g/mol. The third kappa shape index (κ3) is 1.93. The van der Waals surface area contributed by atoms with E-state index in [9.17, 15) is 4.79 Å². The molecule has 1 aromatic carbocycles. The molecule has 0 radical (unpaired) electrons. The second kappa shape index (κ2) is 5.53. The first-order chi connectivity index (χ1) is 14.5. The molecule has 0 aliphatic rings. The van der Waals surface area contributed by atoms with Crippen LogP contribution in [0.15, 0.2) is 35.6 Å². The zero-order chi connectivity index (χ0) is 20.7. The number of benzene rings is 1. The molecule has 6 rings (SSSR count). The molecule has 0 aliphatic carbocycles. The van der Waals surface area contributed by atoms with Crippen molar-refractivity contribution < 1.29 is 9.13 Å². The van der Waals surface area contributed by atoms with E-state index in [0.29, 0.717) is 27.7 Å². The van der Waals surface area contributed by atoms with Crippen molar-refractivity contribution >= 4 is 38.2 Å². The minimum atomic E-state index is -0.581. The van der Waals surface area contributed by atoms with Gasteiger partial charge in [0.1, 0.15) is 5.75 Å². The van der Waals surface area contributed by atoms with Crippen molar-refractivity contribution in [3.8, 4) is 16.9 Å². The highest BCUT2D eigenvalue weighted by Crippen LogP contribution is 2.45. The second-order valence-corrected chi connectivity index (χ2v) is 7.33. The van der Waals surface area contributed by atoms with Crippen LogP contribution in [0, 0.1) is 12.7 Å². The highest BCUT2D eigenvalue weighted by Gasteiger charge is 2.25. The van der Waals surface area contributed by atoms with Gasteiger partial charge in [-0.25, -0.2) is 9.18 Å². The third-order valence-corrected chi connectivity index (χ3v) is 5.63. The van der Waals surface area contributed by atoms with Gasteiger partial charge in [-0.1, -0.05) is 0 Å². The molecule has 1 N–H and O–H groups in total. The number of H-pyrrole nitrogens is 1. The van der Waals surface area contributed by atoms with Crippen LogP contribution in [-0.2, 0) is 7.05 Å². The molecule has 0 aliphatic heterocycles. The lowest BCUT2D eigenvalue weighted by molar-refractivity contribution is 0.417. The van der Waals surface area contributed by atoms with E-state index in [1.807, 2.05) is 26.2 Å². The van der Waals surface area contributed by atoms with E-state index in [1.54, 1.807) is 24.2 Å². The summed E-state index contributed by atoms with van der Waals surface area (Å²) in [7, 11) is 3.43. The van der Waals surface area contributed by atoms with Gasteiger partial charge in [0, 0.05) is 52.8 Å². The highest BCUT2D eigenvalue weighted by molar-refractivity contribution is 6.26. The van der Waals surface area contributed by atoms with Gasteiger partial charge in [0.2, 0.25) is 0 Å². The molecule has 5 heterocycles. The number of rotatable bonds is 2. The lowest BCUT2D eigenvalue weighted by atomic mass is 9.93. The fourth-order valence-electron chi connectivity index (χ4n) is 4.51. The number of fused-ring (bicyclic) bond motifs is 3. The van der Waals surface area contributed by atoms with Gasteiger partial charge in [0.15, 0.2) is 5.82 Å². The minimum absolute atomic E-state index is 0.164. The Hall–Kier alpha value is -4.01. The average Bonchev–Trinajstić information content (AvgIpc) is 3.24. The van der Waals surface area contributed by atoms with E-state index in [1.165, 1.54) is 4.40 Å². The number of hydrogen-bond donors (Lipinski definition) is 1. The summed E-state index contributed by atoms with van der Waals surface area (Å²) in [5.74, 6) is 0.00443. The molecular formula is C21H15FN6O2. The number of pyridine rings is 3. The molecule has 5 aromatic heterocycles. The number of aromatic amines is 1. The molecule has 30 heavy (non-hydrogen) atoms. The molecule has 0 amide bonds. The van der Waals surface area contributed by atoms with Crippen LogP contribution in [0.5, 0.6) is 5.75 Å². The van der Waals surface area contributed by atoms with Gasteiger partial charge in [0.05, 0.1) is 47.3 Å². The van der Waals surface area contributed by atoms with Gasteiger partial charge in [0.25, 0.3) is 0 Å². The number of methoxy groups -OCH3 is 1. The minimum Gasteiger partial charge on any atom is -0.496 e. The normalized spacial score (nSPS) is 12.1. The lowest BCUT2D eigenvalue weighted by Crippen LogP contribution is -2.11. The Labute approximate surface area is 167 Å². The van der Waals surface area contributed by atoms with Crippen molar-refractivity contribution in [3.63, 3.8) is 0 Å². The fourth-order valence-corrected chi connectivity index (χ4v) is 4.51. The number of imidazole rings is 1. The number of aryl methyl sites for hydroxylation is 2. The Balaban J connectivity index is 2.04. The van der Waals surface area contributed by atoms with E-state index in [4.69, 9.17) is 4.74 Å². The molecule has 0 saturated carbocycles. The van der Waals surface area contributed by atoms with Crippen LogP contribution in [0.2, 0.25) is 0 Å². The molecule has 6 aromatic rings. The van der Waals surface area contributed by atoms with Crippen LogP contribution in [-0.4, -0.2) is 36.2 Å². The number of hydrogen-bond acceptors (Lipinski definition) is 5.